The molecule has 2 atom stereocenters. The van der Waals surface area contributed by atoms with Crippen LogP contribution in [0.3, 0.4) is 0 Å². The number of rotatable bonds is 7. The summed E-state index contributed by atoms with van der Waals surface area (Å²) in [6.45, 7) is 1.56. The van der Waals surface area contributed by atoms with E-state index in [-0.39, 0.29) is 19.1 Å². The van der Waals surface area contributed by atoms with Crippen molar-refractivity contribution in [3.8, 4) is 0 Å². The smallest absolute Gasteiger partial charge is 0.308 e. The molecule has 0 aliphatic carbocycles. The van der Waals surface area contributed by atoms with Crippen LogP contribution < -0.4 is 0 Å². The van der Waals surface area contributed by atoms with E-state index in [0.717, 1.165) is 4.47 Å². The van der Waals surface area contributed by atoms with Crippen molar-refractivity contribution in [2.24, 2.45) is 5.92 Å². The Morgan fingerprint density at radius 1 is 1.15 bits per heavy atom. The summed E-state index contributed by atoms with van der Waals surface area (Å²) >= 11 is 15.6. The van der Waals surface area contributed by atoms with Crippen molar-refractivity contribution < 1.29 is 19.4 Å². The summed E-state index contributed by atoms with van der Waals surface area (Å²) in [5.41, 5.74) is 0.949. The Balaban J connectivity index is 1.90. The molecule has 1 unspecified atom stereocenters. The number of nitrogens with zero attached hydrogens (tertiary/aromatic N) is 2. The van der Waals surface area contributed by atoms with Crippen LogP contribution in [0.1, 0.15) is 34.1 Å². The molecule has 0 bridgehead atoms. The van der Waals surface area contributed by atoms with Crippen molar-refractivity contribution in [3.63, 3.8) is 0 Å². The average Bonchev–Trinajstić information content (AvgIpc) is 3.02. The van der Waals surface area contributed by atoms with E-state index in [4.69, 9.17) is 27.9 Å². The fourth-order valence-corrected chi connectivity index (χ4v) is 4.41. The van der Waals surface area contributed by atoms with Crippen molar-refractivity contribution in [2.75, 3.05) is 6.61 Å². The minimum Gasteiger partial charge on any atom is -0.481 e. The molecule has 1 aliphatic rings. The molecule has 3 aromatic rings. The van der Waals surface area contributed by atoms with Gasteiger partial charge in [0.05, 0.1) is 29.8 Å². The molecule has 0 spiro atoms. The number of halogens is 3. The number of hydrogen-bond acceptors (Lipinski definition) is 4. The monoisotopic (exact) mass is 548 g/mol. The summed E-state index contributed by atoms with van der Waals surface area (Å²) < 4.78 is 7.14. The van der Waals surface area contributed by atoms with Crippen LogP contribution in [-0.2, 0) is 21.8 Å². The first-order valence-electron chi connectivity index (χ1n) is 10.1. The zero-order valence-corrected chi connectivity index (χ0v) is 20.6. The number of pyridine rings is 1. The van der Waals surface area contributed by atoms with Crippen molar-refractivity contribution in [2.45, 2.75) is 19.2 Å². The number of carboxylic acid groups (broad SMARTS) is 1. The van der Waals surface area contributed by atoms with E-state index in [0.29, 0.717) is 32.4 Å². The first kappa shape index (κ1) is 23.7. The number of aliphatic carboxylic acids is 1. The van der Waals surface area contributed by atoms with Crippen LogP contribution in [-0.4, -0.2) is 33.5 Å². The number of fused-ring (bicyclic) bond motifs is 1. The summed E-state index contributed by atoms with van der Waals surface area (Å²) in [5.74, 6) is -2.05. The molecule has 1 N–H and O–H groups in total. The largest absolute Gasteiger partial charge is 0.481 e. The second-order valence-electron chi connectivity index (χ2n) is 7.75. The molecule has 0 saturated heterocycles. The van der Waals surface area contributed by atoms with Crippen LogP contribution in [0.15, 0.2) is 65.3 Å². The second kappa shape index (κ2) is 9.43. The third-order valence-electron chi connectivity index (χ3n) is 5.51. The van der Waals surface area contributed by atoms with Crippen LogP contribution in [0.5, 0.6) is 0 Å². The molecule has 33 heavy (non-hydrogen) atoms. The minimum atomic E-state index is -1.37. The standard InChI is InChI=1S/C24H19BrCl2N2O4/c1-14(23(31)32)13-33-24(15-2-5-17(26)6-3-15)21-9-4-16(25)10-20(21)22(30)29(24)12-19-8-7-18(27)11-28-19/h2-11,14H,12-13H2,1H3,(H,31,32)/t14-,24?/m0/s1. The van der Waals surface area contributed by atoms with E-state index >= 15 is 0 Å². The number of aromatic nitrogens is 1. The van der Waals surface area contributed by atoms with E-state index < -0.39 is 17.6 Å². The number of hydrogen-bond donors (Lipinski definition) is 1. The predicted molar refractivity (Wildman–Crippen MR) is 128 cm³/mol. The highest BCUT2D eigenvalue weighted by atomic mass is 79.9. The van der Waals surface area contributed by atoms with Gasteiger partial charge in [-0.3, -0.25) is 19.5 Å². The minimum absolute atomic E-state index is 0.117. The predicted octanol–water partition coefficient (Wildman–Crippen LogP) is 5.75. The summed E-state index contributed by atoms with van der Waals surface area (Å²) in [4.78, 5) is 31.1. The average molecular weight is 550 g/mol. The number of carboxylic acids is 1. The molecule has 9 heteroatoms. The van der Waals surface area contributed by atoms with Crippen LogP contribution >= 0.6 is 39.1 Å². The van der Waals surface area contributed by atoms with E-state index in [9.17, 15) is 14.7 Å². The van der Waals surface area contributed by atoms with Gasteiger partial charge >= 0.3 is 5.97 Å². The molecular formula is C24H19BrCl2N2O4. The quantitative estimate of drug-likeness (QED) is 0.406. The lowest BCUT2D eigenvalue weighted by Crippen LogP contribution is -2.47. The SMILES string of the molecule is C[C@@H](COC1(c2ccc(Cl)cc2)c2ccc(Br)cc2C(=O)N1Cc1ccc(Cl)cn1)C(=O)O. The Morgan fingerprint density at radius 2 is 1.85 bits per heavy atom. The fourth-order valence-electron chi connectivity index (χ4n) is 3.81. The van der Waals surface area contributed by atoms with E-state index in [1.165, 1.54) is 6.20 Å². The third-order valence-corrected chi connectivity index (χ3v) is 6.48. The molecule has 1 aromatic heterocycles. The Bertz CT molecular complexity index is 1200. The first-order valence-corrected chi connectivity index (χ1v) is 11.6. The molecule has 1 amide bonds. The molecule has 0 saturated carbocycles. The lowest BCUT2D eigenvalue weighted by Gasteiger charge is -2.40. The Labute approximate surface area is 209 Å². The Kier molecular flexibility index (Phi) is 6.77. The molecule has 2 heterocycles. The fraction of sp³-hybridized carbons (Fsp3) is 0.208. The normalized spacial score (nSPS) is 18.3. The van der Waals surface area contributed by atoms with Crippen molar-refractivity contribution in [3.05, 3.63) is 97.7 Å². The first-order chi connectivity index (χ1) is 15.7. The van der Waals surface area contributed by atoms with Gasteiger partial charge in [0.25, 0.3) is 5.91 Å². The lowest BCUT2D eigenvalue weighted by molar-refractivity contribution is -0.152. The molecule has 6 nitrogen and oxygen atoms in total. The van der Waals surface area contributed by atoms with Gasteiger partial charge in [-0.15, -0.1) is 0 Å². The van der Waals surface area contributed by atoms with Crippen LogP contribution in [0.25, 0.3) is 0 Å². The second-order valence-corrected chi connectivity index (χ2v) is 9.54. The maximum atomic E-state index is 13.7. The maximum absolute atomic E-state index is 13.7. The zero-order chi connectivity index (χ0) is 23.8. The number of carbonyl (C=O) groups is 2. The van der Waals surface area contributed by atoms with Gasteiger partial charge in [-0.25, -0.2) is 0 Å². The highest BCUT2D eigenvalue weighted by Gasteiger charge is 2.52. The van der Waals surface area contributed by atoms with Gasteiger partial charge < -0.3 is 9.84 Å². The topological polar surface area (TPSA) is 79.7 Å². The van der Waals surface area contributed by atoms with Gasteiger partial charge in [0, 0.05) is 32.4 Å². The van der Waals surface area contributed by atoms with Gasteiger partial charge in [0.2, 0.25) is 0 Å². The molecular weight excluding hydrogens is 531 g/mol. The summed E-state index contributed by atoms with van der Waals surface area (Å²) in [6, 6.07) is 15.8. The summed E-state index contributed by atoms with van der Waals surface area (Å²) in [7, 11) is 0. The van der Waals surface area contributed by atoms with Crippen molar-refractivity contribution >= 4 is 51.0 Å². The van der Waals surface area contributed by atoms with Gasteiger partial charge in [0.1, 0.15) is 0 Å². The van der Waals surface area contributed by atoms with Crippen molar-refractivity contribution in [1.82, 2.24) is 9.88 Å². The van der Waals surface area contributed by atoms with E-state index in [1.54, 1.807) is 54.3 Å². The van der Waals surface area contributed by atoms with E-state index in [1.807, 2.05) is 12.1 Å². The molecule has 2 aromatic carbocycles. The lowest BCUT2D eigenvalue weighted by atomic mass is 9.93. The van der Waals surface area contributed by atoms with Crippen LogP contribution in [0.4, 0.5) is 0 Å². The molecule has 1 aliphatic heterocycles. The Morgan fingerprint density at radius 3 is 2.48 bits per heavy atom. The highest BCUT2D eigenvalue weighted by molar-refractivity contribution is 9.10. The van der Waals surface area contributed by atoms with Crippen LogP contribution in [0.2, 0.25) is 10.0 Å². The zero-order valence-electron chi connectivity index (χ0n) is 17.5. The summed E-state index contributed by atoms with van der Waals surface area (Å²) in [6.07, 6.45) is 1.51. The number of ether oxygens (including phenoxy) is 1. The number of carbonyl (C=O) groups excluding carboxylic acids is 1. The van der Waals surface area contributed by atoms with Gasteiger partial charge in [-0.2, -0.15) is 0 Å². The maximum Gasteiger partial charge on any atom is 0.308 e. The highest BCUT2D eigenvalue weighted by Crippen LogP contribution is 2.47. The van der Waals surface area contributed by atoms with Gasteiger partial charge in [-0.05, 0) is 43.3 Å². The van der Waals surface area contributed by atoms with Gasteiger partial charge in [0.15, 0.2) is 5.72 Å². The number of benzene rings is 2. The summed E-state index contributed by atoms with van der Waals surface area (Å²) in [5, 5.41) is 10.5. The molecule has 4 rings (SSSR count). The Hall–Kier alpha value is -2.45. The molecule has 170 valence electrons. The van der Waals surface area contributed by atoms with Crippen LogP contribution in [0, 0.1) is 5.92 Å². The third kappa shape index (κ3) is 4.51. The molecule has 0 fully saturated rings. The number of amides is 1. The van der Waals surface area contributed by atoms with Crippen molar-refractivity contribution in [1.29, 1.82) is 0 Å². The van der Waals surface area contributed by atoms with E-state index in [2.05, 4.69) is 20.9 Å². The van der Waals surface area contributed by atoms with Gasteiger partial charge in [-0.1, -0.05) is 57.3 Å². The molecule has 0 radical (unpaired) electrons.